The summed E-state index contributed by atoms with van der Waals surface area (Å²) >= 11 is 0. The minimum absolute atomic E-state index is 0.0500. The Morgan fingerprint density at radius 1 is 0.348 bits per heavy atom. The summed E-state index contributed by atoms with van der Waals surface area (Å²) in [5.74, 6) is -0.493. The Bertz CT molecular complexity index is 1270. The molecule has 0 fully saturated rings. The van der Waals surface area contributed by atoms with Gasteiger partial charge in [-0.1, -0.05) is 253 Å². The third-order valence-corrected chi connectivity index (χ3v) is 11.6. The molecule has 0 spiro atoms. The number of ether oxygens (including phenoxy) is 3. The van der Waals surface area contributed by atoms with Crippen LogP contribution in [-0.2, 0) is 23.8 Å². The number of rotatable bonds is 50. The lowest BCUT2D eigenvalue weighted by Gasteiger charge is -2.18. The van der Waals surface area contributed by atoms with Gasteiger partial charge in [0.15, 0.2) is 6.10 Å². The molecule has 0 aromatic heterocycles. The molecule has 0 aromatic rings. The van der Waals surface area contributed by atoms with E-state index in [1.807, 2.05) is 6.08 Å². The fraction of sp³-hybridized carbons (Fsp3) is 0.705. The van der Waals surface area contributed by atoms with Gasteiger partial charge in [-0.05, 0) is 83.5 Å². The molecule has 0 aliphatic carbocycles. The lowest BCUT2D eigenvalue weighted by molar-refractivity contribution is -0.162. The highest BCUT2D eigenvalue weighted by Gasteiger charge is 2.17. The van der Waals surface area contributed by atoms with E-state index in [1.54, 1.807) is 0 Å². The van der Waals surface area contributed by atoms with Crippen molar-refractivity contribution in [3.05, 3.63) is 97.2 Å². The molecule has 66 heavy (non-hydrogen) atoms. The normalized spacial score (nSPS) is 13.0. The largest absolute Gasteiger partial charge is 0.462 e. The van der Waals surface area contributed by atoms with Crippen molar-refractivity contribution in [1.29, 1.82) is 0 Å². The molecule has 0 heterocycles. The average molecular weight is 917 g/mol. The van der Waals surface area contributed by atoms with Crippen molar-refractivity contribution in [2.75, 3.05) is 19.8 Å². The minimum atomic E-state index is -0.584. The summed E-state index contributed by atoms with van der Waals surface area (Å²) in [6, 6.07) is 0. The van der Waals surface area contributed by atoms with Crippen molar-refractivity contribution in [1.82, 2.24) is 0 Å². The molecule has 0 N–H and O–H groups in total. The summed E-state index contributed by atoms with van der Waals surface area (Å²) in [5.41, 5.74) is 0. The first-order valence-corrected chi connectivity index (χ1v) is 27.8. The fourth-order valence-electron chi connectivity index (χ4n) is 7.57. The molecule has 0 aromatic carbocycles. The summed E-state index contributed by atoms with van der Waals surface area (Å²) < 4.78 is 17.4. The predicted molar refractivity (Wildman–Crippen MR) is 288 cm³/mol. The van der Waals surface area contributed by atoms with Crippen molar-refractivity contribution in [2.45, 2.75) is 258 Å². The number of carbonyl (C=O) groups is 2. The van der Waals surface area contributed by atoms with E-state index in [0.717, 1.165) is 83.5 Å². The zero-order valence-corrected chi connectivity index (χ0v) is 43.4. The highest BCUT2D eigenvalue weighted by molar-refractivity contribution is 5.70. The van der Waals surface area contributed by atoms with E-state index >= 15 is 0 Å². The van der Waals surface area contributed by atoms with Crippen molar-refractivity contribution in [2.24, 2.45) is 0 Å². The van der Waals surface area contributed by atoms with Gasteiger partial charge < -0.3 is 14.2 Å². The summed E-state index contributed by atoms with van der Waals surface area (Å²) in [7, 11) is 0. The number of hydrogen-bond acceptors (Lipinski definition) is 5. The van der Waals surface area contributed by atoms with Crippen LogP contribution in [-0.4, -0.2) is 37.9 Å². The quantitative estimate of drug-likeness (QED) is 0.0346. The maximum atomic E-state index is 12.8. The molecule has 0 saturated heterocycles. The number of carbonyl (C=O) groups excluding carboxylic acids is 2. The SMILES string of the molecule is CC/C=C\C/C=C\C/C=C\C/C=C\CCCCCCCCCOCC(COC(=O)CCCCCCCCCCCCCCCCCCC)OC(=O)CC/C=C\C/C=C\C/C=C\C/C=C\CC. The molecular formula is C61H104O5. The Morgan fingerprint density at radius 3 is 1.15 bits per heavy atom. The standard InChI is InChI=1S/C61H104O5/c1-4-7-10-13-16-19-22-25-27-29-30-31-33-35-38-41-44-47-50-53-56-64-57-59(66-61(63)55-52-49-46-43-40-36-24-21-18-15-12-9-6-3)58-65-60(62)54-51-48-45-42-39-37-34-32-28-26-23-20-17-14-11-8-5-2/h7,9-10,12,16,18-19,21,25,27,30-31,36,40,46,49,59H,4-6,8,11,13-15,17,20,22-24,26,28-29,32-35,37-39,41-45,47-48,50-58H2,1-3H3/b10-7-,12-9-,19-16-,21-18-,27-25-,31-30-,40-36-,49-46-. The minimum Gasteiger partial charge on any atom is -0.462 e. The van der Waals surface area contributed by atoms with Gasteiger partial charge in [-0.2, -0.15) is 0 Å². The zero-order valence-electron chi connectivity index (χ0n) is 43.4. The van der Waals surface area contributed by atoms with E-state index in [1.165, 1.54) is 128 Å². The van der Waals surface area contributed by atoms with Crippen LogP contribution < -0.4 is 0 Å². The zero-order chi connectivity index (χ0) is 47.7. The monoisotopic (exact) mass is 917 g/mol. The van der Waals surface area contributed by atoms with Gasteiger partial charge >= 0.3 is 11.9 Å². The Kier molecular flexibility index (Phi) is 53.4. The van der Waals surface area contributed by atoms with Crippen molar-refractivity contribution in [3.63, 3.8) is 0 Å². The number of esters is 2. The second-order valence-electron chi connectivity index (χ2n) is 18.1. The molecule has 5 heteroatoms. The molecule has 0 aliphatic rings. The Labute approximate surface area is 409 Å². The maximum Gasteiger partial charge on any atom is 0.306 e. The van der Waals surface area contributed by atoms with Gasteiger partial charge in [0, 0.05) is 19.4 Å². The first kappa shape index (κ1) is 62.8. The van der Waals surface area contributed by atoms with Gasteiger partial charge in [-0.25, -0.2) is 0 Å². The van der Waals surface area contributed by atoms with E-state index in [9.17, 15) is 9.59 Å². The van der Waals surface area contributed by atoms with Crippen molar-refractivity contribution in [3.8, 4) is 0 Å². The van der Waals surface area contributed by atoms with Gasteiger partial charge in [0.05, 0.1) is 6.61 Å². The van der Waals surface area contributed by atoms with E-state index in [2.05, 4.69) is 112 Å². The van der Waals surface area contributed by atoms with Crippen LogP contribution >= 0.6 is 0 Å². The number of hydrogen-bond donors (Lipinski definition) is 0. The lowest BCUT2D eigenvalue weighted by atomic mass is 10.0. The highest BCUT2D eigenvalue weighted by Crippen LogP contribution is 2.15. The van der Waals surface area contributed by atoms with Crippen LogP contribution in [0.5, 0.6) is 0 Å². The molecule has 0 saturated carbocycles. The van der Waals surface area contributed by atoms with Crippen LogP contribution in [0, 0.1) is 0 Å². The van der Waals surface area contributed by atoms with Crippen molar-refractivity contribution < 1.29 is 23.8 Å². The predicted octanol–water partition coefficient (Wildman–Crippen LogP) is 19.0. The van der Waals surface area contributed by atoms with Crippen molar-refractivity contribution >= 4 is 11.9 Å². The van der Waals surface area contributed by atoms with Crippen LogP contribution in [0.3, 0.4) is 0 Å². The molecule has 0 aliphatic heterocycles. The Balaban J connectivity index is 4.33. The second kappa shape index (κ2) is 56.1. The summed E-state index contributed by atoms with van der Waals surface area (Å²) in [5, 5.41) is 0. The van der Waals surface area contributed by atoms with Crippen LogP contribution in [0.15, 0.2) is 97.2 Å². The average Bonchev–Trinajstić information content (AvgIpc) is 3.32. The van der Waals surface area contributed by atoms with Crippen LogP contribution in [0.2, 0.25) is 0 Å². The molecule has 0 rings (SSSR count). The van der Waals surface area contributed by atoms with Gasteiger partial charge in [0.1, 0.15) is 6.61 Å². The summed E-state index contributed by atoms with van der Waals surface area (Å²) in [4.78, 5) is 25.4. The lowest BCUT2D eigenvalue weighted by Crippen LogP contribution is -2.30. The molecule has 1 atom stereocenters. The number of unbranched alkanes of at least 4 members (excludes halogenated alkanes) is 23. The van der Waals surface area contributed by atoms with Crippen LogP contribution in [0.1, 0.15) is 252 Å². The summed E-state index contributed by atoms with van der Waals surface area (Å²) in [6.07, 6.45) is 75.9. The third-order valence-electron chi connectivity index (χ3n) is 11.6. The molecule has 378 valence electrons. The maximum absolute atomic E-state index is 12.8. The van der Waals surface area contributed by atoms with Crippen LogP contribution in [0.4, 0.5) is 0 Å². The van der Waals surface area contributed by atoms with Gasteiger partial charge in [-0.3, -0.25) is 9.59 Å². The Hall–Kier alpha value is -3.18. The van der Waals surface area contributed by atoms with E-state index < -0.39 is 6.10 Å². The molecule has 0 amide bonds. The Morgan fingerprint density at radius 2 is 0.712 bits per heavy atom. The molecular weight excluding hydrogens is 813 g/mol. The third kappa shape index (κ3) is 53.4. The fourth-order valence-corrected chi connectivity index (χ4v) is 7.57. The van der Waals surface area contributed by atoms with E-state index in [-0.39, 0.29) is 25.2 Å². The smallest absolute Gasteiger partial charge is 0.306 e. The first-order valence-electron chi connectivity index (χ1n) is 27.8. The van der Waals surface area contributed by atoms with E-state index in [4.69, 9.17) is 14.2 Å². The molecule has 0 radical (unpaired) electrons. The van der Waals surface area contributed by atoms with Gasteiger partial charge in [-0.15, -0.1) is 0 Å². The number of allylic oxidation sites excluding steroid dienone is 16. The summed E-state index contributed by atoms with van der Waals surface area (Å²) in [6.45, 7) is 7.52. The highest BCUT2D eigenvalue weighted by atomic mass is 16.6. The molecule has 0 bridgehead atoms. The second-order valence-corrected chi connectivity index (χ2v) is 18.1. The van der Waals surface area contributed by atoms with Gasteiger partial charge in [0.25, 0.3) is 0 Å². The van der Waals surface area contributed by atoms with Gasteiger partial charge in [0.2, 0.25) is 0 Å². The molecule has 5 nitrogen and oxygen atoms in total. The topological polar surface area (TPSA) is 61.8 Å². The van der Waals surface area contributed by atoms with E-state index in [0.29, 0.717) is 25.9 Å². The van der Waals surface area contributed by atoms with Crippen LogP contribution in [0.25, 0.3) is 0 Å². The molecule has 1 unspecified atom stereocenters. The first-order chi connectivity index (χ1) is 32.6.